The Bertz CT molecular complexity index is 888. The third kappa shape index (κ3) is 2.13. The van der Waals surface area contributed by atoms with Gasteiger partial charge in [-0.3, -0.25) is 9.36 Å². The molecule has 5 heteroatoms. The summed E-state index contributed by atoms with van der Waals surface area (Å²) in [5.41, 5.74) is 0.496. The summed E-state index contributed by atoms with van der Waals surface area (Å²) in [6, 6.07) is 7.49. The molecule has 5 nitrogen and oxygen atoms in total. The van der Waals surface area contributed by atoms with Gasteiger partial charge in [-0.2, -0.15) is 0 Å². The summed E-state index contributed by atoms with van der Waals surface area (Å²) < 4.78 is 7.15. The number of benzene rings is 1. The van der Waals surface area contributed by atoms with Crippen molar-refractivity contribution in [2.45, 2.75) is 44.2 Å². The third-order valence-corrected chi connectivity index (χ3v) is 4.60. The summed E-state index contributed by atoms with van der Waals surface area (Å²) in [6.45, 7) is 0.284. The molecule has 0 atom stereocenters. The average molecular weight is 298 g/mol. The number of rotatable bonds is 2. The lowest BCUT2D eigenvalue weighted by Crippen LogP contribution is -2.39. The summed E-state index contributed by atoms with van der Waals surface area (Å²) in [4.78, 5) is 17.0. The van der Waals surface area contributed by atoms with E-state index in [9.17, 15) is 9.90 Å². The van der Waals surface area contributed by atoms with E-state index in [1.54, 1.807) is 0 Å². The van der Waals surface area contributed by atoms with Gasteiger partial charge >= 0.3 is 0 Å². The molecule has 0 unspecified atom stereocenters. The first kappa shape index (κ1) is 13.5. The number of hydrogen-bond acceptors (Lipinski definition) is 4. The quantitative estimate of drug-likeness (QED) is 0.790. The summed E-state index contributed by atoms with van der Waals surface area (Å²) in [5, 5.41) is 11.5. The predicted octanol–water partition coefficient (Wildman–Crippen LogP) is 2.84. The highest BCUT2D eigenvalue weighted by Gasteiger charge is 2.30. The van der Waals surface area contributed by atoms with Crippen molar-refractivity contribution < 1.29 is 9.52 Å². The molecule has 22 heavy (non-hydrogen) atoms. The molecule has 3 aromatic rings. The van der Waals surface area contributed by atoms with Gasteiger partial charge in [-0.25, -0.2) is 4.98 Å². The molecular weight excluding hydrogens is 280 g/mol. The van der Waals surface area contributed by atoms with E-state index in [1.807, 2.05) is 24.3 Å². The molecule has 0 amide bonds. The Morgan fingerprint density at radius 2 is 2.00 bits per heavy atom. The Balaban J connectivity index is 1.81. The number of fused-ring (bicyclic) bond motifs is 3. The Kier molecular flexibility index (Phi) is 3.04. The SMILES string of the molecule is O=c1c2oc3ccccc3c2ncn1CC1(O)CCCCC1. The van der Waals surface area contributed by atoms with Crippen LogP contribution in [0.15, 0.2) is 39.8 Å². The van der Waals surface area contributed by atoms with Crippen LogP contribution in [0.1, 0.15) is 32.1 Å². The van der Waals surface area contributed by atoms with Crippen molar-refractivity contribution in [1.82, 2.24) is 9.55 Å². The molecule has 2 heterocycles. The minimum Gasteiger partial charge on any atom is -0.448 e. The van der Waals surface area contributed by atoms with Crippen LogP contribution in [0.2, 0.25) is 0 Å². The van der Waals surface area contributed by atoms with Gasteiger partial charge in [-0.05, 0) is 25.0 Å². The lowest BCUT2D eigenvalue weighted by atomic mass is 9.85. The Morgan fingerprint density at radius 3 is 2.82 bits per heavy atom. The van der Waals surface area contributed by atoms with Crippen molar-refractivity contribution >= 4 is 22.1 Å². The fraction of sp³-hybridized carbons (Fsp3) is 0.412. The van der Waals surface area contributed by atoms with Crippen LogP contribution >= 0.6 is 0 Å². The molecule has 2 aromatic heterocycles. The average Bonchev–Trinajstić information content (AvgIpc) is 2.90. The zero-order valence-electron chi connectivity index (χ0n) is 12.3. The number of hydrogen-bond donors (Lipinski definition) is 1. The van der Waals surface area contributed by atoms with E-state index in [0.29, 0.717) is 11.1 Å². The van der Waals surface area contributed by atoms with Crippen molar-refractivity contribution in [2.24, 2.45) is 0 Å². The Hall–Kier alpha value is -2.14. The summed E-state index contributed by atoms with van der Waals surface area (Å²) >= 11 is 0. The van der Waals surface area contributed by atoms with Crippen LogP contribution in [0.25, 0.3) is 22.1 Å². The highest BCUT2D eigenvalue weighted by molar-refractivity contribution is 6.01. The van der Waals surface area contributed by atoms with Crippen molar-refractivity contribution in [3.8, 4) is 0 Å². The van der Waals surface area contributed by atoms with Crippen molar-refractivity contribution in [3.63, 3.8) is 0 Å². The van der Waals surface area contributed by atoms with E-state index in [4.69, 9.17) is 4.42 Å². The van der Waals surface area contributed by atoms with E-state index in [1.165, 1.54) is 10.9 Å². The van der Waals surface area contributed by atoms with E-state index in [2.05, 4.69) is 4.98 Å². The first-order valence-electron chi connectivity index (χ1n) is 7.75. The summed E-state index contributed by atoms with van der Waals surface area (Å²) in [6.07, 6.45) is 6.16. The second kappa shape index (κ2) is 4.95. The molecule has 1 N–H and O–H groups in total. The zero-order chi connectivity index (χ0) is 15.2. The van der Waals surface area contributed by atoms with Crippen LogP contribution in [0.3, 0.4) is 0 Å². The van der Waals surface area contributed by atoms with Gasteiger partial charge in [-0.15, -0.1) is 0 Å². The van der Waals surface area contributed by atoms with Crippen LogP contribution in [0.5, 0.6) is 0 Å². The number of para-hydroxylation sites is 1. The molecule has 0 radical (unpaired) electrons. The first-order valence-corrected chi connectivity index (χ1v) is 7.75. The van der Waals surface area contributed by atoms with Gasteiger partial charge in [0, 0.05) is 5.39 Å². The molecule has 1 saturated carbocycles. The highest BCUT2D eigenvalue weighted by atomic mass is 16.3. The molecule has 0 bridgehead atoms. The topological polar surface area (TPSA) is 68.3 Å². The van der Waals surface area contributed by atoms with E-state index in [-0.39, 0.29) is 17.7 Å². The lowest BCUT2D eigenvalue weighted by molar-refractivity contribution is -0.0124. The zero-order valence-corrected chi connectivity index (χ0v) is 12.3. The van der Waals surface area contributed by atoms with Gasteiger partial charge in [0.05, 0.1) is 18.5 Å². The van der Waals surface area contributed by atoms with Gasteiger partial charge < -0.3 is 9.52 Å². The van der Waals surface area contributed by atoms with Crippen LogP contribution in [0, 0.1) is 0 Å². The Morgan fingerprint density at radius 1 is 1.23 bits per heavy atom. The van der Waals surface area contributed by atoms with Crippen LogP contribution in [-0.4, -0.2) is 20.3 Å². The number of aliphatic hydroxyl groups is 1. The van der Waals surface area contributed by atoms with E-state index in [0.717, 1.165) is 37.5 Å². The Labute approximate surface area is 127 Å². The molecule has 0 saturated heterocycles. The molecular formula is C17H18N2O3. The normalized spacial score (nSPS) is 18.0. The summed E-state index contributed by atoms with van der Waals surface area (Å²) in [5.74, 6) is 0. The van der Waals surface area contributed by atoms with E-state index < -0.39 is 5.60 Å². The summed E-state index contributed by atoms with van der Waals surface area (Å²) in [7, 11) is 0. The molecule has 0 spiro atoms. The fourth-order valence-electron chi connectivity index (χ4n) is 3.41. The van der Waals surface area contributed by atoms with Gasteiger partial charge in [-0.1, -0.05) is 31.4 Å². The van der Waals surface area contributed by atoms with E-state index >= 15 is 0 Å². The standard InChI is InChI=1S/C17H18N2O3/c20-16-15-14(12-6-2-3-7-13(12)22-15)18-11-19(16)10-17(21)8-4-1-5-9-17/h2-3,6-7,11,21H,1,4-5,8-10H2. The van der Waals surface area contributed by atoms with Gasteiger partial charge in [0.1, 0.15) is 11.1 Å². The van der Waals surface area contributed by atoms with Gasteiger partial charge in [0.15, 0.2) is 0 Å². The molecule has 0 aliphatic heterocycles. The minimum absolute atomic E-state index is 0.222. The second-order valence-corrected chi connectivity index (χ2v) is 6.24. The molecule has 4 rings (SSSR count). The number of furan rings is 1. The second-order valence-electron chi connectivity index (χ2n) is 6.24. The van der Waals surface area contributed by atoms with Crippen molar-refractivity contribution in [1.29, 1.82) is 0 Å². The monoisotopic (exact) mass is 298 g/mol. The predicted molar refractivity (Wildman–Crippen MR) is 83.8 cm³/mol. The van der Waals surface area contributed by atoms with Crippen LogP contribution in [-0.2, 0) is 6.54 Å². The maximum absolute atomic E-state index is 12.6. The van der Waals surface area contributed by atoms with Crippen molar-refractivity contribution in [3.05, 3.63) is 40.9 Å². The molecule has 1 fully saturated rings. The lowest BCUT2D eigenvalue weighted by Gasteiger charge is -2.32. The van der Waals surface area contributed by atoms with Gasteiger partial charge in [0.25, 0.3) is 5.56 Å². The molecule has 1 aliphatic rings. The smallest absolute Gasteiger partial charge is 0.297 e. The fourth-order valence-corrected chi connectivity index (χ4v) is 3.41. The van der Waals surface area contributed by atoms with Crippen molar-refractivity contribution in [2.75, 3.05) is 0 Å². The first-order chi connectivity index (χ1) is 10.7. The maximum Gasteiger partial charge on any atom is 0.297 e. The largest absolute Gasteiger partial charge is 0.448 e. The molecule has 114 valence electrons. The van der Waals surface area contributed by atoms with Gasteiger partial charge in [0.2, 0.25) is 5.58 Å². The molecule has 1 aliphatic carbocycles. The minimum atomic E-state index is -0.802. The van der Waals surface area contributed by atoms with Crippen LogP contribution in [0.4, 0.5) is 0 Å². The highest BCUT2D eigenvalue weighted by Crippen LogP contribution is 2.29. The maximum atomic E-state index is 12.6. The number of nitrogens with zero attached hydrogens (tertiary/aromatic N) is 2. The van der Waals surface area contributed by atoms with Crippen LogP contribution < -0.4 is 5.56 Å². The third-order valence-electron chi connectivity index (χ3n) is 4.60. The molecule has 1 aromatic carbocycles. The number of aromatic nitrogens is 2.